The Morgan fingerprint density at radius 2 is 1.77 bits per heavy atom. The Balaban J connectivity index is 1.66. The van der Waals surface area contributed by atoms with Crippen molar-refractivity contribution in [2.75, 3.05) is 0 Å². The van der Waals surface area contributed by atoms with Crippen molar-refractivity contribution in [1.82, 2.24) is 14.9 Å². The summed E-state index contributed by atoms with van der Waals surface area (Å²) in [4.78, 5) is 0. The molecular formula is C20H21ClN4S. The van der Waals surface area contributed by atoms with Crippen molar-refractivity contribution in [3.05, 3.63) is 76.6 Å². The summed E-state index contributed by atoms with van der Waals surface area (Å²) in [7, 11) is 0. The molecule has 0 atom stereocenters. The van der Waals surface area contributed by atoms with Crippen LogP contribution in [0.15, 0.2) is 65.1 Å². The zero-order valence-corrected chi connectivity index (χ0v) is 16.6. The van der Waals surface area contributed by atoms with Gasteiger partial charge in [0.25, 0.3) is 0 Å². The molecule has 0 aliphatic heterocycles. The van der Waals surface area contributed by atoms with Gasteiger partial charge in [-0.05, 0) is 34.2 Å². The molecule has 134 valence electrons. The van der Waals surface area contributed by atoms with Gasteiger partial charge in [0.1, 0.15) is 6.33 Å². The third kappa shape index (κ3) is 4.96. The highest BCUT2D eigenvalue weighted by molar-refractivity contribution is 7.98. The summed E-state index contributed by atoms with van der Waals surface area (Å²) in [6.45, 7) is 6.62. The normalized spacial score (nSPS) is 12.0. The van der Waals surface area contributed by atoms with Crippen molar-refractivity contribution in [1.29, 1.82) is 0 Å². The molecule has 26 heavy (non-hydrogen) atoms. The first-order chi connectivity index (χ1) is 12.4. The molecule has 6 heteroatoms. The van der Waals surface area contributed by atoms with Crippen LogP contribution in [0.25, 0.3) is 0 Å². The van der Waals surface area contributed by atoms with Gasteiger partial charge >= 0.3 is 0 Å². The highest BCUT2D eigenvalue weighted by Gasteiger charge is 2.12. The van der Waals surface area contributed by atoms with E-state index in [1.54, 1.807) is 22.8 Å². The molecule has 1 heterocycles. The SMILES string of the molecule is CC(C)(C)c1ccc(/C=N/n2cnnc2SCc2ccc(Cl)cc2)cc1. The van der Waals surface area contributed by atoms with Crippen LogP contribution in [0.3, 0.4) is 0 Å². The molecule has 0 bridgehead atoms. The van der Waals surface area contributed by atoms with Crippen LogP contribution in [-0.4, -0.2) is 21.1 Å². The molecule has 0 amide bonds. The van der Waals surface area contributed by atoms with E-state index in [-0.39, 0.29) is 5.41 Å². The van der Waals surface area contributed by atoms with E-state index in [2.05, 4.69) is 60.3 Å². The van der Waals surface area contributed by atoms with E-state index in [9.17, 15) is 0 Å². The fourth-order valence-corrected chi connectivity index (χ4v) is 3.27. The predicted octanol–water partition coefficient (Wildman–Crippen LogP) is 5.40. The number of benzene rings is 2. The van der Waals surface area contributed by atoms with Crippen LogP contribution in [0.4, 0.5) is 0 Å². The first-order valence-corrected chi connectivity index (χ1v) is 9.70. The average Bonchev–Trinajstić information content (AvgIpc) is 3.06. The van der Waals surface area contributed by atoms with E-state index in [1.165, 1.54) is 11.1 Å². The number of aromatic nitrogens is 3. The van der Waals surface area contributed by atoms with Crippen LogP contribution >= 0.6 is 23.4 Å². The van der Waals surface area contributed by atoms with E-state index in [0.29, 0.717) is 0 Å². The zero-order chi connectivity index (χ0) is 18.6. The lowest BCUT2D eigenvalue weighted by molar-refractivity contribution is 0.590. The van der Waals surface area contributed by atoms with Gasteiger partial charge in [0.05, 0.1) is 6.21 Å². The van der Waals surface area contributed by atoms with E-state index in [1.807, 2.05) is 30.5 Å². The average molecular weight is 385 g/mol. The Kier molecular flexibility index (Phi) is 5.79. The van der Waals surface area contributed by atoms with Gasteiger partial charge in [0.15, 0.2) is 0 Å². The summed E-state index contributed by atoms with van der Waals surface area (Å²) >= 11 is 7.50. The third-order valence-corrected chi connectivity index (χ3v) is 5.15. The summed E-state index contributed by atoms with van der Waals surface area (Å²) < 4.78 is 1.69. The van der Waals surface area contributed by atoms with Gasteiger partial charge in [-0.2, -0.15) is 9.78 Å². The molecule has 2 aromatic carbocycles. The number of thioether (sulfide) groups is 1. The van der Waals surface area contributed by atoms with Crippen LogP contribution < -0.4 is 0 Å². The van der Waals surface area contributed by atoms with Gasteiger partial charge < -0.3 is 0 Å². The van der Waals surface area contributed by atoms with Crippen LogP contribution in [-0.2, 0) is 11.2 Å². The summed E-state index contributed by atoms with van der Waals surface area (Å²) in [6.07, 6.45) is 3.44. The Hall–Kier alpha value is -2.11. The maximum absolute atomic E-state index is 5.92. The topological polar surface area (TPSA) is 43.1 Å². The second-order valence-corrected chi connectivity index (χ2v) is 8.37. The Morgan fingerprint density at radius 1 is 1.08 bits per heavy atom. The molecule has 4 nitrogen and oxygen atoms in total. The molecule has 0 aliphatic rings. The van der Waals surface area contributed by atoms with Gasteiger partial charge in [0.2, 0.25) is 5.16 Å². The minimum Gasteiger partial charge on any atom is -0.195 e. The smallest absolute Gasteiger partial charge is 0.195 e. The van der Waals surface area contributed by atoms with Crippen LogP contribution in [0.2, 0.25) is 5.02 Å². The van der Waals surface area contributed by atoms with Gasteiger partial charge in [-0.3, -0.25) is 0 Å². The minimum atomic E-state index is 0.148. The highest BCUT2D eigenvalue weighted by Crippen LogP contribution is 2.23. The molecule has 3 rings (SSSR count). The highest BCUT2D eigenvalue weighted by atomic mass is 35.5. The molecule has 0 unspecified atom stereocenters. The Morgan fingerprint density at radius 3 is 2.42 bits per heavy atom. The number of halogens is 1. The molecule has 0 fully saturated rings. The van der Waals surface area contributed by atoms with Crippen molar-refractivity contribution >= 4 is 29.6 Å². The summed E-state index contributed by atoms with van der Waals surface area (Å²) in [5.74, 6) is 0.783. The molecule has 1 aromatic heterocycles. The summed E-state index contributed by atoms with van der Waals surface area (Å²) in [5, 5.41) is 14.1. The molecule has 0 saturated carbocycles. The number of nitrogens with zero attached hydrogens (tertiary/aromatic N) is 4. The first kappa shape index (κ1) is 18.7. The van der Waals surface area contributed by atoms with E-state index in [4.69, 9.17) is 11.6 Å². The Bertz CT molecular complexity index is 877. The van der Waals surface area contributed by atoms with E-state index >= 15 is 0 Å². The number of hydrogen-bond acceptors (Lipinski definition) is 4. The Labute approximate surface area is 163 Å². The third-order valence-electron chi connectivity index (χ3n) is 3.89. The minimum absolute atomic E-state index is 0.148. The lowest BCUT2D eigenvalue weighted by Gasteiger charge is -2.18. The second kappa shape index (κ2) is 8.06. The first-order valence-electron chi connectivity index (χ1n) is 8.34. The fraction of sp³-hybridized carbons (Fsp3) is 0.250. The monoisotopic (exact) mass is 384 g/mol. The molecule has 0 spiro atoms. The molecular weight excluding hydrogens is 364 g/mol. The van der Waals surface area contributed by atoms with Crippen molar-refractivity contribution in [2.24, 2.45) is 5.10 Å². The van der Waals surface area contributed by atoms with Crippen molar-refractivity contribution in [3.8, 4) is 0 Å². The molecule has 0 aliphatic carbocycles. The van der Waals surface area contributed by atoms with Crippen molar-refractivity contribution < 1.29 is 0 Å². The maximum Gasteiger partial charge on any atom is 0.212 e. The lowest BCUT2D eigenvalue weighted by Crippen LogP contribution is -2.10. The summed E-state index contributed by atoms with van der Waals surface area (Å²) in [5.41, 5.74) is 3.67. The standard InChI is InChI=1S/C20H21ClN4S/c1-20(2,3)17-8-4-15(5-9-17)12-23-25-14-22-24-19(25)26-13-16-6-10-18(21)11-7-16/h4-12,14H,13H2,1-3H3/b23-12+. The predicted molar refractivity (Wildman–Crippen MR) is 109 cm³/mol. The maximum atomic E-state index is 5.92. The van der Waals surface area contributed by atoms with Gasteiger partial charge in [-0.25, -0.2) is 0 Å². The molecule has 0 N–H and O–H groups in total. The zero-order valence-electron chi connectivity index (χ0n) is 15.1. The quantitative estimate of drug-likeness (QED) is 0.436. The van der Waals surface area contributed by atoms with Crippen molar-refractivity contribution in [2.45, 2.75) is 37.1 Å². The molecule has 0 saturated heterocycles. The van der Waals surface area contributed by atoms with Gasteiger partial charge in [0, 0.05) is 10.8 Å². The van der Waals surface area contributed by atoms with E-state index < -0.39 is 0 Å². The van der Waals surface area contributed by atoms with Crippen LogP contribution in [0.5, 0.6) is 0 Å². The number of rotatable bonds is 5. The number of hydrogen-bond donors (Lipinski definition) is 0. The van der Waals surface area contributed by atoms with Gasteiger partial charge in [-0.15, -0.1) is 10.2 Å². The van der Waals surface area contributed by atoms with Crippen LogP contribution in [0.1, 0.15) is 37.5 Å². The van der Waals surface area contributed by atoms with E-state index in [0.717, 1.165) is 21.5 Å². The lowest BCUT2D eigenvalue weighted by atomic mass is 9.87. The largest absolute Gasteiger partial charge is 0.212 e. The van der Waals surface area contributed by atoms with Gasteiger partial charge in [-0.1, -0.05) is 80.5 Å². The van der Waals surface area contributed by atoms with Crippen LogP contribution in [0, 0.1) is 0 Å². The van der Waals surface area contributed by atoms with Crippen molar-refractivity contribution in [3.63, 3.8) is 0 Å². The summed E-state index contributed by atoms with van der Waals surface area (Å²) in [6, 6.07) is 16.2. The molecule has 3 aromatic rings. The molecule has 0 radical (unpaired) electrons. The fourth-order valence-electron chi connectivity index (χ4n) is 2.32. The second-order valence-electron chi connectivity index (χ2n) is 6.99.